The van der Waals surface area contributed by atoms with Crippen molar-refractivity contribution < 1.29 is 18.7 Å². The molecule has 0 radical (unpaired) electrons. The number of fused-ring (bicyclic) bond motifs is 1. The third kappa shape index (κ3) is 2.45. The standard InChI is InChI=1S/C16H9F2NO2/c17-10-3-1-9(2-4-10)14-8-13(16(20)21)12-6-5-11(18)7-15(12)19-14/h1-8H,(H,20,21). The highest BCUT2D eigenvalue weighted by Crippen LogP contribution is 2.25. The second-order valence-corrected chi connectivity index (χ2v) is 4.53. The van der Waals surface area contributed by atoms with E-state index in [2.05, 4.69) is 4.98 Å². The fourth-order valence-corrected chi connectivity index (χ4v) is 2.15. The molecule has 0 aliphatic carbocycles. The van der Waals surface area contributed by atoms with Crippen LogP contribution in [0.5, 0.6) is 0 Å². The van der Waals surface area contributed by atoms with Crippen molar-refractivity contribution in [2.24, 2.45) is 0 Å². The van der Waals surface area contributed by atoms with Crippen molar-refractivity contribution in [2.45, 2.75) is 0 Å². The van der Waals surface area contributed by atoms with Crippen molar-refractivity contribution in [3.8, 4) is 11.3 Å². The van der Waals surface area contributed by atoms with E-state index in [0.717, 1.165) is 0 Å². The molecule has 0 fully saturated rings. The van der Waals surface area contributed by atoms with Gasteiger partial charge in [-0.1, -0.05) is 0 Å². The molecule has 3 nitrogen and oxygen atoms in total. The number of pyridine rings is 1. The fraction of sp³-hybridized carbons (Fsp3) is 0. The summed E-state index contributed by atoms with van der Waals surface area (Å²) in [5, 5.41) is 9.64. The summed E-state index contributed by atoms with van der Waals surface area (Å²) < 4.78 is 26.3. The van der Waals surface area contributed by atoms with E-state index in [1.807, 2.05) is 0 Å². The van der Waals surface area contributed by atoms with Gasteiger partial charge in [0.25, 0.3) is 0 Å². The van der Waals surface area contributed by atoms with Crippen LogP contribution in [0.1, 0.15) is 10.4 Å². The number of carbonyl (C=O) groups is 1. The number of halogens is 2. The monoisotopic (exact) mass is 285 g/mol. The highest BCUT2D eigenvalue weighted by Gasteiger charge is 2.13. The van der Waals surface area contributed by atoms with Crippen LogP contribution in [0.4, 0.5) is 8.78 Å². The van der Waals surface area contributed by atoms with Gasteiger partial charge in [0.15, 0.2) is 0 Å². The molecular weight excluding hydrogens is 276 g/mol. The van der Waals surface area contributed by atoms with Crippen LogP contribution >= 0.6 is 0 Å². The van der Waals surface area contributed by atoms with E-state index in [9.17, 15) is 18.7 Å². The van der Waals surface area contributed by atoms with Crippen molar-refractivity contribution in [3.63, 3.8) is 0 Å². The van der Waals surface area contributed by atoms with Gasteiger partial charge in [0, 0.05) is 17.0 Å². The van der Waals surface area contributed by atoms with Gasteiger partial charge < -0.3 is 5.11 Å². The number of rotatable bonds is 2. The number of carboxylic acids is 1. The summed E-state index contributed by atoms with van der Waals surface area (Å²) in [5.41, 5.74) is 1.18. The zero-order chi connectivity index (χ0) is 15.0. The second-order valence-electron chi connectivity index (χ2n) is 4.53. The summed E-state index contributed by atoms with van der Waals surface area (Å²) in [7, 11) is 0. The number of carboxylic acid groups (broad SMARTS) is 1. The Balaban J connectivity index is 2.29. The highest BCUT2D eigenvalue weighted by atomic mass is 19.1. The molecule has 3 aromatic rings. The van der Waals surface area contributed by atoms with Crippen LogP contribution < -0.4 is 0 Å². The molecule has 0 aliphatic rings. The molecule has 0 unspecified atom stereocenters. The van der Waals surface area contributed by atoms with Crippen molar-refractivity contribution in [2.75, 3.05) is 0 Å². The molecule has 5 heteroatoms. The van der Waals surface area contributed by atoms with Gasteiger partial charge in [-0.15, -0.1) is 0 Å². The smallest absolute Gasteiger partial charge is 0.336 e. The van der Waals surface area contributed by atoms with Gasteiger partial charge in [0.05, 0.1) is 16.8 Å². The summed E-state index contributed by atoms with van der Waals surface area (Å²) in [6.07, 6.45) is 0. The Morgan fingerprint density at radius 2 is 1.62 bits per heavy atom. The van der Waals surface area contributed by atoms with Gasteiger partial charge in [-0.2, -0.15) is 0 Å². The highest BCUT2D eigenvalue weighted by molar-refractivity contribution is 6.03. The van der Waals surface area contributed by atoms with Crippen LogP contribution in [-0.4, -0.2) is 16.1 Å². The zero-order valence-electron chi connectivity index (χ0n) is 10.7. The molecule has 0 saturated carbocycles. The zero-order valence-corrected chi connectivity index (χ0v) is 10.7. The van der Waals surface area contributed by atoms with Crippen molar-refractivity contribution in [1.29, 1.82) is 0 Å². The van der Waals surface area contributed by atoms with E-state index in [1.54, 1.807) is 0 Å². The molecule has 2 aromatic carbocycles. The van der Waals surface area contributed by atoms with Crippen molar-refractivity contribution in [1.82, 2.24) is 4.98 Å². The van der Waals surface area contributed by atoms with Gasteiger partial charge in [0.1, 0.15) is 11.6 Å². The maximum absolute atomic E-state index is 13.3. The number of benzene rings is 2. The minimum absolute atomic E-state index is 0.0272. The minimum Gasteiger partial charge on any atom is -0.478 e. The number of aromatic carboxylic acids is 1. The molecule has 104 valence electrons. The van der Waals surface area contributed by atoms with Gasteiger partial charge in [-0.05, 0) is 42.5 Å². The molecular formula is C16H9F2NO2. The molecule has 1 aromatic heterocycles. The van der Waals surface area contributed by atoms with Gasteiger partial charge in [-0.3, -0.25) is 0 Å². The Labute approximate surface area is 118 Å². The largest absolute Gasteiger partial charge is 0.478 e. The average Bonchev–Trinajstić information content (AvgIpc) is 2.46. The van der Waals surface area contributed by atoms with E-state index in [0.29, 0.717) is 16.6 Å². The number of hydrogen-bond donors (Lipinski definition) is 1. The fourth-order valence-electron chi connectivity index (χ4n) is 2.15. The second kappa shape index (κ2) is 4.94. The maximum Gasteiger partial charge on any atom is 0.336 e. The molecule has 0 bridgehead atoms. The minimum atomic E-state index is -1.13. The maximum atomic E-state index is 13.3. The molecule has 0 saturated heterocycles. The van der Waals surface area contributed by atoms with Crippen molar-refractivity contribution in [3.05, 3.63) is 65.7 Å². The lowest BCUT2D eigenvalue weighted by Gasteiger charge is -2.07. The van der Waals surface area contributed by atoms with E-state index in [4.69, 9.17) is 0 Å². The van der Waals surface area contributed by atoms with Gasteiger partial charge >= 0.3 is 5.97 Å². The van der Waals surface area contributed by atoms with Gasteiger partial charge in [0.2, 0.25) is 0 Å². The molecule has 0 amide bonds. The summed E-state index contributed by atoms with van der Waals surface area (Å²) in [5.74, 6) is -2.02. The topological polar surface area (TPSA) is 50.2 Å². The third-order valence-electron chi connectivity index (χ3n) is 3.14. The van der Waals surface area contributed by atoms with E-state index < -0.39 is 17.6 Å². The Morgan fingerprint density at radius 3 is 2.29 bits per heavy atom. The SMILES string of the molecule is O=C(O)c1cc(-c2ccc(F)cc2)nc2cc(F)ccc12. The Hall–Kier alpha value is -2.82. The van der Waals surface area contributed by atoms with Crippen LogP contribution in [0.3, 0.4) is 0 Å². The predicted molar refractivity (Wildman–Crippen MR) is 74.1 cm³/mol. The summed E-state index contributed by atoms with van der Waals surface area (Å²) in [6.45, 7) is 0. The quantitative estimate of drug-likeness (QED) is 0.777. The van der Waals surface area contributed by atoms with Crippen molar-refractivity contribution >= 4 is 16.9 Å². The Bertz CT molecular complexity index is 845. The van der Waals surface area contributed by atoms with Crippen LogP contribution in [0, 0.1) is 11.6 Å². The lowest BCUT2D eigenvalue weighted by Crippen LogP contribution is -2.00. The summed E-state index contributed by atoms with van der Waals surface area (Å²) in [6, 6.07) is 10.7. The number of aromatic nitrogens is 1. The first-order valence-corrected chi connectivity index (χ1v) is 6.14. The normalized spacial score (nSPS) is 10.8. The number of hydrogen-bond acceptors (Lipinski definition) is 2. The van der Waals surface area contributed by atoms with Crippen LogP contribution in [0.15, 0.2) is 48.5 Å². The van der Waals surface area contributed by atoms with E-state index in [1.165, 1.54) is 48.5 Å². The van der Waals surface area contributed by atoms with E-state index in [-0.39, 0.29) is 11.1 Å². The lowest BCUT2D eigenvalue weighted by molar-refractivity contribution is 0.0699. The molecule has 0 spiro atoms. The molecule has 1 N–H and O–H groups in total. The summed E-state index contributed by atoms with van der Waals surface area (Å²) in [4.78, 5) is 15.6. The predicted octanol–water partition coefficient (Wildman–Crippen LogP) is 3.88. The molecule has 0 atom stereocenters. The third-order valence-corrected chi connectivity index (χ3v) is 3.14. The van der Waals surface area contributed by atoms with E-state index >= 15 is 0 Å². The molecule has 21 heavy (non-hydrogen) atoms. The van der Waals surface area contributed by atoms with Gasteiger partial charge in [-0.25, -0.2) is 18.6 Å². The van der Waals surface area contributed by atoms with Crippen LogP contribution in [-0.2, 0) is 0 Å². The Morgan fingerprint density at radius 1 is 0.952 bits per heavy atom. The lowest BCUT2D eigenvalue weighted by atomic mass is 10.0. The average molecular weight is 285 g/mol. The van der Waals surface area contributed by atoms with Crippen LogP contribution in [0.2, 0.25) is 0 Å². The first-order valence-electron chi connectivity index (χ1n) is 6.14. The first-order chi connectivity index (χ1) is 10.0. The van der Waals surface area contributed by atoms with Crippen LogP contribution in [0.25, 0.3) is 22.2 Å². The Kier molecular flexibility index (Phi) is 3.10. The molecule has 3 rings (SSSR count). The summed E-state index contributed by atoms with van der Waals surface area (Å²) >= 11 is 0. The first kappa shape index (κ1) is 13.2. The molecule has 0 aliphatic heterocycles. The molecule has 1 heterocycles. The number of nitrogens with zero attached hydrogens (tertiary/aromatic N) is 1.